The fraction of sp³-hybridized carbons (Fsp3) is 0.154. The van der Waals surface area contributed by atoms with Crippen molar-refractivity contribution in [1.82, 2.24) is 0 Å². The fourth-order valence-corrected chi connectivity index (χ4v) is 4.48. The number of anilines is 1. The molecule has 5 rings (SSSR count). The van der Waals surface area contributed by atoms with Crippen LogP contribution in [0.5, 0.6) is 0 Å². The van der Waals surface area contributed by atoms with Gasteiger partial charge in [0, 0.05) is 32.9 Å². The van der Waals surface area contributed by atoms with Crippen LogP contribution in [-0.4, -0.2) is 18.4 Å². The van der Waals surface area contributed by atoms with Gasteiger partial charge in [-0.25, -0.2) is 0 Å². The third kappa shape index (κ3) is 3.98. The zero-order valence-corrected chi connectivity index (χ0v) is 19.7. The molecular weight excluding hydrogens is 451 g/mol. The van der Waals surface area contributed by atoms with Crippen molar-refractivity contribution in [3.8, 4) is 11.1 Å². The molecule has 0 saturated carbocycles. The van der Waals surface area contributed by atoms with Crippen LogP contribution in [0.1, 0.15) is 35.2 Å². The lowest BCUT2D eigenvalue weighted by Crippen LogP contribution is -2.37. The van der Waals surface area contributed by atoms with Gasteiger partial charge in [0.25, 0.3) is 0 Å². The van der Waals surface area contributed by atoms with Crippen LogP contribution in [0.25, 0.3) is 22.1 Å². The molecule has 1 aliphatic rings. The minimum atomic E-state index is -1.08. The van der Waals surface area contributed by atoms with Crippen LogP contribution in [0.2, 0.25) is 5.02 Å². The minimum Gasteiger partial charge on any atom is -0.463 e. The van der Waals surface area contributed by atoms with Crippen molar-refractivity contribution in [3.63, 3.8) is 0 Å². The lowest BCUT2D eigenvalue weighted by molar-refractivity contribution is 0.286. The molecule has 34 heavy (non-hydrogen) atoms. The maximum Gasteiger partial charge on any atom is 0.583 e. The molecule has 1 aromatic heterocycles. The Morgan fingerprint density at radius 2 is 1.94 bits per heavy atom. The van der Waals surface area contributed by atoms with Gasteiger partial charge in [-0.15, -0.1) is 5.16 Å². The van der Waals surface area contributed by atoms with Gasteiger partial charge in [-0.05, 0) is 67.8 Å². The Bertz CT molecular complexity index is 1520. The van der Waals surface area contributed by atoms with Crippen LogP contribution in [-0.2, 0) is 4.76 Å². The van der Waals surface area contributed by atoms with Gasteiger partial charge < -0.3 is 19.5 Å². The molecule has 4 aromatic rings. The second-order valence-corrected chi connectivity index (χ2v) is 9.01. The number of aryl methyl sites for hydroxylation is 2. The molecule has 1 unspecified atom stereocenters. The molecule has 0 saturated heterocycles. The lowest BCUT2D eigenvalue weighted by atomic mass is 9.75. The highest BCUT2D eigenvalue weighted by Crippen LogP contribution is 2.35. The number of hydrogen-bond donors (Lipinski definition) is 2. The van der Waals surface area contributed by atoms with Gasteiger partial charge in [0.15, 0.2) is 5.43 Å². The first-order valence-electron chi connectivity index (χ1n) is 10.9. The molecule has 0 amide bonds. The van der Waals surface area contributed by atoms with E-state index in [0.717, 1.165) is 33.5 Å². The first-order valence-corrected chi connectivity index (χ1v) is 11.3. The molecule has 3 aromatic carbocycles. The fourth-order valence-electron chi connectivity index (χ4n) is 4.31. The molecule has 0 radical (unpaired) electrons. The van der Waals surface area contributed by atoms with E-state index in [9.17, 15) is 9.82 Å². The highest BCUT2D eigenvalue weighted by atomic mass is 35.5. The van der Waals surface area contributed by atoms with Gasteiger partial charge in [0.05, 0.1) is 23.9 Å². The summed E-state index contributed by atoms with van der Waals surface area (Å²) < 4.78 is 10.8. The van der Waals surface area contributed by atoms with Gasteiger partial charge in [0.2, 0.25) is 0 Å². The first kappa shape index (κ1) is 22.3. The topological polar surface area (TPSA) is 84.1 Å². The number of oxime groups is 1. The maximum atomic E-state index is 12.7. The summed E-state index contributed by atoms with van der Waals surface area (Å²) in [5.74, 6) is 0. The summed E-state index contributed by atoms with van der Waals surface area (Å²) in [7, 11) is -1.08. The predicted molar refractivity (Wildman–Crippen MR) is 137 cm³/mol. The monoisotopic (exact) mass is 472 g/mol. The van der Waals surface area contributed by atoms with Crippen molar-refractivity contribution < 1.29 is 14.2 Å². The largest absolute Gasteiger partial charge is 0.583 e. The van der Waals surface area contributed by atoms with Crippen molar-refractivity contribution in [2.24, 2.45) is 5.16 Å². The van der Waals surface area contributed by atoms with Crippen LogP contribution in [0, 0.1) is 13.8 Å². The number of nitrogens with one attached hydrogen (secondary N) is 1. The van der Waals surface area contributed by atoms with Gasteiger partial charge in [0.1, 0.15) is 5.58 Å². The van der Waals surface area contributed by atoms with Crippen LogP contribution in [0.3, 0.4) is 0 Å². The van der Waals surface area contributed by atoms with Crippen LogP contribution in [0.4, 0.5) is 5.69 Å². The standard InChI is InChI=1S/C26H22BClN2O4/c1-14-8-20(26-22(9-14)25(31)15(2)13-33-26)16(3)30-24-7-5-19(28)11-21(24)17-4-6-23-18(10-17)12-29-34-27(23)32/h4-13,16,30,32H,1-3H3. The van der Waals surface area contributed by atoms with Crippen molar-refractivity contribution in [2.75, 3.05) is 5.32 Å². The highest BCUT2D eigenvalue weighted by molar-refractivity contribution is 6.62. The molecule has 6 nitrogen and oxygen atoms in total. The van der Waals surface area contributed by atoms with Crippen molar-refractivity contribution >= 4 is 47.1 Å². The average molecular weight is 473 g/mol. The first-order chi connectivity index (χ1) is 16.3. The Kier molecular flexibility index (Phi) is 5.67. The van der Waals surface area contributed by atoms with Crippen LogP contribution >= 0.6 is 11.6 Å². The van der Waals surface area contributed by atoms with Crippen molar-refractivity contribution in [2.45, 2.75) is 26.8 Å². The summed E-state index contributed by atoms with van der Waals surface area (Å²) in [5.41, 5.74) is 7.12. The quantitative estimate of drug-likeness (QED) is 0.410. The predicted octanol–water partition coefficient (Wildman–Crippen LogP) is 4.95. The van der Waals surface area contributed by atoms with Gasteiger partial charge >= 0.3 is 7.12 Å². The summed E-state index contributed by atoms with van der Waals surface area (Å²) in [5, 5.41) is 18.5. The highest BCUT2D eigenvalue weighted by Gasteiger charge is 2.25. The lowest BCUT2D eigenvalue weighted by Gasteiger charge is -2.21. The number of halogens is 1. The van der Waals surface area contributed by atoms with E-state index in [1.165, 1.54) is 6.26 Å². The maximum absolute atomic E-state index is 12.7. The Morgan fingerprint density at radius 3 is 2.76 bits per heavy atom. The van der Waals surface area contributed by atoms with E-state index >= 15 is 0 Å². The van der Waals surface area contributed by atoms with Gasteiger partial charge in [-0.2, -0.15) is 0 Å². The van der Waals surface area contributed by atoms with Gasteiger partial charge in [-0.1, -0.05) is 29.8 Å². The van der Waals surface area contributed by atoms with E-state index < -0.39 is 7.12 Å². The van der Waals surface area contributed by atoms with E-state index in [-0.39, 0.29) is 11.5 Å². The van der Waals surface area contributed by atoms with E-state index in [1.54, 1.807) is 13.1 Å². The molecule has 1 atom stereocenters. The molecule has 8 heteroatoms. The summed E-state index contributed by atoms with van der Waals surface area (Å²) in [6.45, 7) is 5.75. The van der Waals surface area contributed by atoms with E-state index in [1.807, 2.05) is 62.4 Å². The molecule has 0 fully saturated rings. The molecule has 170 valence electrons. The number of fused-ring (bicyclic) bond motifs is 2. The Morgan fingerprint density at radius 1 is 1.12 bits per heavy atom. The number of hydrogen-bond acceptors (Lipinski definition) is 6. The third-order valence-electron chi connectivity index (χ3n) is 6.05. The molecule has 0 spiro atoms. The normalized spacial score (nSPS) is 13.5. The summed E-state index contributed by atoms with van der Waals surface area (Å²) in [4.78, 5) is 12.7. The summed E-state index contributed by atoms with van der Waals surface area (Å²) >= 11 is 6.35. The molecule has 2 heterocycles. The average Bonchev–Trinajstić information content (AvgIpc) is 2.82. The zero-order chi connectivity index (χ0) is 24.0. The second-order valence-electron chi connectivity index (χ2n) is 8.57. The molecule has 1 aliphatic heterocycles. The Balaban J connectivity index is 1.57. The second kappa shape index (κ2) is 8.67. The third-order valence-corrected chi connectivity index (χ3v) is 6.29. The molecule has 0 aliphatic carbocycles. The SMILES string of the molecule is Cc1cc(C(C)Nc2ccc(Cl)cc2-c2ccc3c(c2)C=NOB3O)c2occ(C)c(=O)c2c1. The Labute approximate surface area is 202 Å². The molecule has 2 N–H and O–H groups in total. The van der Waals surface area contributed by atoms with Gasteiger partial charge in [-0.3, -0.25) is 4.79 Å². The van der Waals surface area contributed by atoms with Crippen molar-refractivity contribution in [3.05, 3.63) is 92.3 Å². The Hall–Kier alpha value is -3.55. The minimum absolute atomic E-state index is 0.0209. The summed E-state index contributed by atoms with van der Waals surface area (Å²) in [6, 6.07) is 15.1. The zero-order valence-electron chi connectivity index (χ0n) is 18.9. The van der Waals surface area contributed by atoms with Crippen molar-refractivity contribution in [1.29, 1.82) is 0 Å². The van der Waals surface area contributed by atoms with Crippen LogP contribution < -0.4 is 16.2 Å². The number of rotatable bonds is 4. The smallest absolute Gasteiger partial charge is 0.463 e. The number of nitrogens with zero attached hydrogens (tertiary/aromatic N) is 1. The summed E-state index contributed by atoms with van der Waals surface area (Å²) in [6.07, 6.45) is 3.09. The molecule has 0 bridgehead atoms. The number of benzene rings is 3. The molecular formula is C26H22BClN2O4. The van der Waals surface area contributed by atoms with Crippen LogP contribution in [0.15, 0.2) is 69.2 Å². The van der Waals surface area contributed by atoms with E-state index in [4.69, 9.17) is 20.8 Å². The van der Waals surface area contributed by atoms with E-state index in [2.05, 4.69) is 10.5 Å². The van der Waals surface area contributed by atoms with E-state index in [0.29, 0.717) is 27.0 Å².